The minimum Gasteiger partial charge on any atom is -0.493 e. The largest absolute Gasteiger partial charge is 0.493 e. The van der Waals surface area contributed by atoms with Gasteiger partial charge in [-0.3, -0.25) is 0 Å². The third-order valence-corrected chi connectivity index (χ3v) is 3.81. The number of rotatable bonds is 8. The predicted molar refractivity (Wildman–Crippen MR) is 82.9 cm³/mol. The van der Waals surface area contributed by atoms with Crippen LogP contribution in [0.4, 0.5) is 0 Å². The summed E-state index contributed by atoms with van der Waals surface area (Å²) in [6, 6.07) is 7.30. The van der Waals surface area contributed by atoms with Gasteiger partial charge in [-0.25, -0.2) is 0 Å². The Morgan fingerprint density at radius 2 is 1.71 bits per heavy atom. The van der Waals surface area contributed by atoms with E-state index in [1.807, 2.05) is 26.0 Å². The molecule has 0 aliphatic carbocycles. The van der Waals surface area contributed by atoms with Crippen LogP contribution in [-0.4, -0.2) is 47.7 Å². The molecule has 0 spiro atoms. The zero-order valence-corrected chi connectivity index (χ0v) is 13.5. The summed E-state index contributed by atoms with van der Waals surface area (Å²) in [7, 11) is 1.58. The number of methoxy groups -OCH3 is 1. The van der Waals surface area contributed by atoms with Crippen molar-refractivity contribution in [1.29, 1.82) is 0 Å². The van der Waals surface area contributed by atoms with E-state index in [0.717, 1.165) is 0 Å². The topological polar surface area (TPSA) is 71.0 Å². The molecule has 1 aromatic rings. The van der Waals surface area contributed by atoms with Crippen molar-refractivity contribution < 1.29 is 19.7 Å². The molecule has 1 unspecified atom stereocenters. The van der Waals surface area contributed by atoms with Gasteiger partial charge >= 0.3 is 0 Å². The van der Waals surface area contributed by atoms with Crippen LogP contribution in [0.5, 0.6) is 11.5 Å². The average molecular weight is 297 g/mol. The number of para-hydroxylation sites is 2. The fraction of sp³-hybridized carbons (Fsp3) is 0.625. The molecule has 0 aromatic heterocycles. The van der Waals surface area contributed by atoms with Gasteiger partial charge in [0.1, 0.15) is 12.7 Å². The van der Waals surface area contributed by atoms with Crippen molar-refractivity contribution in [3.05, 3.63) is 24.3 Å². The number of benzene rings is 1. The third-order valence-electron chi connectivity index (χ3n) is 3.81. The van der Waals surface area contributed by atoms with Gasteiger partial charge in [0.2, 0.25) is 0 Å². The highest BCUT2D eigenvalue weighted by molar-refractivity contribution is 5.39. The summed E-state index contributed by atoms with van der Waals surface area (Å²) in [5.41, 5.74) is -1.41. The van der Waals surface area contributed by atoms with E-state index in [1.54, 1.807) is 33.1 Å². The monoisotopic (exact) mass is 297 g/mol. The van der Waals surface area contributed by atoms with Gasteiger partial charge in [0.05, 0.1) is 12.7 Å². The van der Waals surface area contributed by atoms with Crippen LogP contribution in [-0.2, 0) is 0 Å². The Bertz CT molecular complexity index is 440. The lowest BCUT2D eigenvalue weighted by molar-refractivity contribution is -0.0121. The maximum atomic E-state index is 10.0. The molecule has 0 aliphatic heterocycles. The molecule has 1 rings (SSSR count). The molecule has 5 heteroatoms. The number of β-amino-alcohol motifs (C(OH)–C–C–N with tert-alkyl or cyclic N) is 1. The first-order valence-electron chi connectivity index (χ1n) is 7.08. The first kappa shape index (κ1) is 17.8. The molecule has 120 valence electrons. The molecule has 1 aromatic carbocycles. The second-order valence-electron chi connectivity index (χ2n) is 6.18. The molecule has 21 heavy (non-hydrogen) atoms. The minimum absolute atomic E-state index is 0.148. The van der Waals surface area contributed by atoms with Crippen LogP contribution < -0.4 is 14.8 Å². The molecule has 0 heterocycles. The van der Waals surface area contributed by atoms with Crippen molar-refractivity contribution in [1.82, 2.24) is 5.32 Å². The Balaban J connectivity index is 2.46. The smallest absolute Gasteiger partial charge is 0.161 e. The van der Waals surface area contributed by atoms with Gasteiger partial charge < -0.3 is 25.0 Å². The molecule has 0 bridgehead atoms. The Kier molecular flexibility index (Phi) is 6.01. The first-order chi connectivity index (χ1) is 9.67. The quantitative estimate of drug-likeness (QED) is 0.679. The van der Waals surface area contributed by atoms with Crippen LogP contribution in [0.1, 0.15) is 27.7 Å². The van der Waals surface area contributed by atoms with Crippen LogP contribution >= 0.6 is 0 Å². The molecular formula is C16H27NO4. The molecule has 5 nitrogen and oxygen atoms in total. The number of aliphatic hydroxyl groups is 2. The number of hydrogen-bond acceptors (Lipinski definition) is 5. The molecule has 0 saturated carbocycles. The van der Waals surface area contributed by atoms with Crippen LogP contribution in [0.3, 0.4) is 0 Å². The second kappa shape index (κ2) is 7.11. The molecular weight excluding hydrogens is 270 g/mol. The van der Waals surface area contributed by atoms with E-state index in [0.29, 0.717) is 18.0 Å². The summed E-state index contributed by atoms with van der Waals surface area (Å²) in [5.74, 6) is 1.23. The molecule has 1 atom stereocenters. The van der Waals surface area contributed by atoms with Gasteiger partial charge in [0.15, 0.2) is 11.5 Å². The highest BCUT2D eigenvalue weighted by Gasteiger charge is 2.34. The standard InChI is InChI=1S/C16H27NO4/c1-15(2,16(3,4)19)17-10-12(18)11-21-14-9-7-6-8-13(14)20-5/h6-9,12,17-19H,10-11H2,1-5H3. The van der Waals surface area contributed by atoms with Gasteiger partial charge in [-0.2, -0.15) is 0 Å². The Hall–Kier alpha value is -1.30. The van der Waals surface area contributed by atoms with Crippen molar-refractivity contribution in [2.75, 3.05) is 20.3 Å². The highest BCUT2D eigenvalue weighted by atomic mass is 16.5. The van der Waals surface area contributed by atoms with E-state index in [-0.39, 0.29) is 6.61 Å². The molecule has 0 aliphatic rings. The number of nitrogens with one attached hydrogen (secondary N) is 1. The Morgan fingerprint density at radius 1 is 1.14 bits per heavy atom. The van der Waals surface area contributed by atoms with Crippen LogP contribution in [0, 0.1) is 0 Å². The van der Waals surface area contributed by atoms with Crippen molar-refractivity contribution in [2.45, 2.75) is 44.9 Å². The maximum absolute atomic E-state index is 10.0. The first-order valence-corrected chi connectivity index (χ1v) is 7.08. The van der Waals surface area contributed by atoms with Gasteiger partial charge in [0.25, 0.3) is 0 Å². The van der Waals surface area contributed by atoms with Crippen molar-refractivity contribution in [3.8, 4) is 11.5 Å². The van der Waals surface area contributed by atoms with Gasteiger partial charge in [0, 0.05) is 12.1 Å². The number of ether oxygens (including phenoxy) is 2. The lowest BCUT2D eigenvalue weighted by Gasteiger charge is -2.38. The van der Waals surface area contributed by atoms with E-state index in [2.05, 4.69) is 5.32 Å². The zero-order chi connectivity index (χ0) is 16.1. The fourth-order valence-electron chi connectivity index (χ4n) is 1.57. The van der Waals surface area contributed by atoms with E-state index < -0.39 is 17.2 Å². The van der Waals surface area contributed by atoms with Crippen molar-refractivity contribution in [2.24, 2.45) is 0 Å². The SMILES string of the molecule is COc1ccccc1OCC(O)CNC(C)(C)C(C)(C)O. The number of aliphatic hydroxyl groups excluding tert-OH is 1. The summed E-state index contributed by atoms with van der Waals surface area (Å²) in [6.07, 6.45) is -0.684. The minimum atomic E-state index is -0.893. The normalized spacial score (nSPS) is 13.9. The lowest BCUT2D eigenvalue weighted by Crippen LogP contribution is -2.57. The van der Waals surface area contributed by atoms with E-state index >= 15 is 0 Å². The Morgan fingerprint density at radius 3 is 2.24 bits per heavy atom. The van der Waals surface area contributed by atoms with Gasteiger partial charge in [-0.1, -0.05) is 12.1 Å². The third kappa shape index (κ3) is 5.19. The summed E-state index contributed by atoms with van der Waals surface area (Å²) in [5, 5.41) is 23.2. The summed E-state index contributed by atoms with van der Waals surface area (Å²) >= 11 is 0. The second-order valence-corrected chi connectivity index (χ2v) is 6.18. The number of hydrogen-bond donors (Lipinski definition) is 3. The summed E-state index contributed by atoms with van der Waals surface area (Å²) < 4.78 is 10.7. The lowest BCUT2D eigenvalue weighted by atomic mass is 9.86. The predicted octanol–water partition coefficient (Wildman–Crippen LogP) is 1.57. The van der Waals surface area contributed by atoms with Gasteiger partial charge in [-0.05, 0) is 39.8 Å². The molecule has 0 saturated heterocycles. The maximum Gasteiger partial charge on any atom is 0.161 e. The van der Waals surface area contributed by atoms with Crippen LogP contribution in [0.25, 0.3) is 0 Å². The van der Waals surface area contributed by atoms with Crippen molar-refractivity contribution >= 4 is 0 Å². The van der Waals surface area contributed by atoms with E-state index in [1.165, 1.54) is 0 Å². The van der Waals surface area contributed by atoms with Crippen LogP contribution in [0.15, 0.2) is 24.3 Å². The van der Waals surface area contributed by atoms with E-state index in [9.17, 15) is 10.2 Å². The average Bonchev–Trinajstić information content (AvgIpc) is 2.42. The molecule has 3 N–H and O–H groups in total. The highest BCUT2D eigenvalue weighted by Crippen LogP contribution is 2.26. The summed E-state index contributed by atoms with van der Waals surface area (Å²) in [4.78, 5) is 0. The van der Waals surface area contributed by atoms with E-state index in [4.69, 9.17) is 9.47 Å². The molecule has 0 fully saturated rings. The van der Waals surface area contributed by atoms with Gasteiger partial charge in [-0.15, -0.1) is 0 Å². The fourth-order valence-corrected chi connectivity index (χ4v) is 1.57. The van der Waals surface area contributed by atoms with Crippen LogP contribution in [0.2, 0.25) is 0 Å². The molecule has 0 amide bonds. The Labute approximate surface area is 126 Å². The molecule has 0 radical (unpaired) electrons. The zero-order valence-electron chi connectivity index (χ0n) is 13.5. The van der Waals surface area contributed by atoms with Crippen molar-refractivity contribution in [3.63, 3.8) is 0 Å². The summed E-state index contributed by atoms with van der Waals surface area (Å²) in [6.45, 7) is 7.72.